The third-order valence-corrected chi connectivity index (χ3v) is 4.20. The molecule has 0 aromatic heterocycles. The molecule has 0 saturated carbocycles. The monoisotopic (exact) mass is 244 g/mol. The third-order valence-electron chi connectivity index (χ3n) is 3.15. The molecular weight excluding hydrogens is 220 g/mol. The van der Waals surface area contributed by atoms with E-state index in [1.54, 1.807) is 0 Å². The first-order valence-electron chi connectivity index (χ1n) is 6.20. The molecule has 4 heteroatoms. The summed E-state index contributed by atoms with van der Waals surface area (Å²) >= 11 is 2.02. The quantitative estimate of drug-likeness (QED) is 0.720. The van der Waals surface area contributed by atoms with Crippen molar-refractivity contribution in [1.29, 1.82) is 0 Å². The van der Waals surface area contributed by atoms with Crippen molar-refractivity contribution in [1.82, 2.24) is 10.2 Å². The number of amides is 1. The van der Waals surface area contributed by atoms with Crippen molar-refractivity contribution in [3.8, 4) is 0 Å². The summed E-state index contributed by atoms with van der Waals surface area (Å²) in [6.07, 6.45) is 4.25. The molecule has 0 bridgehead atoms. The van der Waals surface area contributed by atoms with Crippen LogP contribution >= 0.6 is 11.8 Å². The highest BCUT2D eigenvalue weighted by Crippen LogP contribution is 2.25. The summed E-state index contributed by atoms with van der Waals surface area (Å²) in [5.41, 5.74) is 0. The summed E-state index contributed by atoms with van der Waals surface area (Å²) in [6.45, 7) is 1.86. The van der Waals surface area contributed by atoms with Gasteiger partial charge in [0, 0.05) is 20.0 Å². The molecule has 1 heterocycles. The van der Waals surface area contributed by atoms with E-state index in [4.69, 9.17) is 0 Å². The van der Waals surface area contributed by atoms with Gasteiger partial charge in [-0.2, -0.15) is 11.8 Å². The SMILES string of the molecule is CNCCCN(C)C(=O)CC1CCSCC1. The van der Waals surface area contributed by atoms with Crippen LogP contribution in [0.25, 0.3) is 0 Å². The van der Waals surface area contributed by atoms with E-state index < -0.39 is 0 Å². The molecule has 3 nitrogen and oxygen atoms in total. The molecule has 0 aromatic rings. The van der Waals surface area contributed by atoms with Crippen molar-refractivity contribution in [2.24, 2.45) is 5.92 Å². The number of hydrogen-bond donors (Lipinski definition) is 1. The Bertz CT molecular complexity index is 205. The largest absolute Gasteiger partial charge is 0.346 e. The standard InChI is InChI=1S/C12H24N2OS/c1-13-6-3-7-14(2)12(15)10-11-4-8-16-9-5-11/h11,13H,3-10H2,1-2H3. The molecule has 1 aliphatic rings. The van der Waals surface area contributed by atoms with Gasteiger partial charge < -0.3 is 10.2 Å². The average Bonchev–Trinajstić information content (AvgIpc) is 2.30. The maximum atomic E-state index is 11.9. The zero-order valence-electron chi connectivity index (χ0n) is 10.5. The summed E-state index contributed by atoms with van der Waals surface area (Å²) in [4.78, 5) is 13.8. The molecule has 94 valence electrons. The van der Waals surface area contributed by atoms with Crippen molar-refractivity contribution in [3.63, 3.8) is 0 Å². The van der Waals surface area contributed by atoms with Crippen molar-refractivity contribution in [3.05, 3.63) is 0 Å². The Morgan fingerprint density at radius 1 is 1.44 bits per heavy atom. The maximum absolute atomic E-state index is 11.9. The lowest BCUT2D eigenvalue weighted by atomic mass is 9.98. The van der Waals surface area contributed by atoms with Gasteiger partial charge in [0.1, 0.15) is 0 Å². The van der Waals surface area contributed by atoms with E-state index in [1.807, 2.05) is 30.8 Å². The second-order valence-corrected chi connectivity index (χ2v) is 5.76. The third kappa shape index (κ3) is 5.21. The highest BCUT2D eigenvalue weighted by atomic mass is 32.2. The lowest BCUT2D eigenvalue weighted by molar-refractivity contribution is -0.131. The Morgan fingerprint density at radius 2 is 2.12 bits per heavy atom. The zero-order valence-corrected chi connectivity index (χ0v) is 11.3. The normalized spacial score (nSPS) is 17.4. The summed E-state index contributed by atoms with van der Waals surface area (Å²) in [5, 5.41) is 3.10. The highest BCUT2D eigenvalue weighted by molar-refractivity contribution is 7.99. The maximum Gasteiger partial charge on any atom is 0.222 e. The summed E-state index contributed by atoms with van der Waals surface area (Å²) in [7, 11) is 3.87. The first-order valence-corrected chi connectivity index (χ1v) is 7.36. The van der Waals surface area contributed by atoms with Crippen molar-refractivity contribution in [2.45, 2.75) is 25.7 Å². The van der Waals surface area contributed by atoms with Gasteiger partial charge in [-0.15, -0.1) is 0 Å². The predicted octanol–water partition coefficient (Wildman–Crippen LogP) is 1.59. The topological polar surface area (TPSA) is 32.3 Å². The molecule has 1 N–H and O–H groups in total. The molecule has 16 heavy (non-hydrogen) atoms. The van der Waals surface area contributed by atoms with E-state index in [0.717, 1.165) is 25.9 Å². The molecule has 1 saturated heterocycles. The van der Waals surface area contributed by atoms with Crippen LogP contribution in [0.3, 0.4) is 0 Å². The fraction of sp³-hybridized carbons (Fsp3) is 0.917. The second-order valence-electron chi connectivity index (χ2n) is 4.53. The fourth-order valence-corrected chi connectivity index (χ4v) is 3.18. The molecule has 1 amide bonds. The van der Waals surface area contributed by atoms with Gasteiger partial charge in [0.05, 0.1) is 0 Å². The fourth-order valence-electron chi connectivity index (χ4n) is 1.97. The highest BCUT2D eigenvalue weighted by Gasteiger charge is 2.19. The number of hydrogen-bond acceptors (Lipinski definition) is 3. The summed E-state index contributed by atoms with van der Waals surface area (Å²) in [5.74, 6) is 3.44. The first kappa shape index (κ1) is 13.8. The Labute approximate surface area is 103 Å². The van der Waals surface area contributed by atoms with E-state index in [9.17, 15) is 4.79 Å². The Kier molecular flexibility index (Phi) is 6.88. The van der Waals surface area contributed by atoms with Gasteiger partial charge in [0.2, 0.25) is 5.91 Å². The Balaban J connectivity index is 2.16. The van der Waals surface area contributed by atoms with Gasteiger partial charge in [-0.3, -0.25) is 4.79 Å². The number of carbonyl (C=O) groups excluding carboxylic acids is 1. The van der Waals surface area contributed by atoms with Crippen LogP contribution in [0, 0.1) is 5.92 Å². The van der Waals surface area contributed by atoms with E-state index in [2.05, 4.69) is 5.32 Å². The lowest BCUT2D eigenvalue weighted by Crippen LogP contribution is -2.31. The van der Waals surface area contributed by atoms with Gasteiger partial charge in [0.15, 0.2) is 0 Å². The van der Waals surface area contributed by atoms with Gasteiger partial charge in [0.25, 0.3) is 0 Å². The van der Waals surface area contributed by atoms with Crippen LogP contribution in [0.15, 0.2) is 0 Å². The van der Waals surface area contributed by atoms with Gasteiger partial charge in [-0.1, -0.05) is 0 Å². The van der Waals surface area contributed by atoms with Gasteiger partial charge >= 0.3 is 0 Å². The van der Waals surface area contributed by atoms with E-state index in [1.165, 1.54) is 24.3 Å². The second kappa shape index (κ2) is 7.96. The smallest absolute Gasteiger partial charge is 0.222 e. The van der Waals surface area contributed by atoms with Crippen molar-refractivity contribution in [2.75, 3.05) is 38.7 Å². The summed E-state index contributed by atoms with van der Waals surface area (Å²) in [6, 6.07) is 0. The predicted molar refractivity (Wildman–Crippen MR) is 70.8 cm³/mol. The number of rotatable bonds is 6. The minimum Gasteiger partial charge on any atom is -0.346 e. The minimum absolute atomic E-state index is 0.327. The molecule has 1 rings (SSSR count). The molecule has 0 atom stereocenters. The number of thioether (sulfide) groups is 1. The number of carbonyl (C=O) groups is 1. The molecule has 0 unspecified atom stereocenters. The lowest BCUT2D eigenvalue weighted by Gasteiger charge is -2.24. The van der Waals surface area contributed by atoms with Gasteiger partial charge in [-0.05, 0) is 50.3 Å². The van der Waals surface area contributed by atoms with Crippen LogP contribution in [0.4, 0.5) is 0 Å². The molecule has 0 aliphatic carbocycles. The Hall–Kier alpha value is -0.220. The molecule has 0 aromatic carbocycles. The summed E-state index contributed by atoms with van der Waals surface area (Å²) < 4.78 is 0. The Morgan fingerprint density at radius 3 is 2.75 bits per heavy atom. The van der Waals surface area contributed by atoms with E-state index in [-0.39, 0.29) is 0 Å². The molecule has 1 fully saturated rings. The van der Waals surface area contributed by atoms with E-state index >= 15 is 0 Å². The van der Waals surface area contributed by atoms with Crippen LogP contribution in [0.1, 0.15) is 25.7 Å². The van der Waals surface area contributed by atoms with Crippen LogP contribution < -0.4 is 5.32 Å². The van der Waals surface area contributed by atoms with Gasteiger partial charge in [-0.25, -0.2) is 0 Å². The van der Waals surface area contributed by atoms with E-state index in [0.29, 0.717) is 11.8 Å². The van der Waals surface area contributed by atoms with Crippen LogP contribution in [0.5, 0.6) is 0 Å². The van der Waals surface area contributed by atoms with Crippen LogP contribution in [-0.2, 0) is 4.79 Å². The number of nitrogens with zero attached hydrogens (tertiary/aromatic N) is 1. The molecular formula is C12H24N2OS. The van der Waals surface area contributed by atoms with Crippen molar-refractivity contribution < 1.29 is 4.79 Å². The average molecular weight is 244 g/mol. The zero-order chi connectivity index (χ0) is 11.8. The number of nitrogens with one attached hydrogen (secondary N) is 1. The molecule has 1 aliphatic heterocycles. The minimum atomic E-state index is 0.327. The van der Waals surface area contributed by atoms with Crippen LogP contribution in [-0.4, -0.2) is 49.5 Å². The molecule has 0 spiro atoms. The van der Waals surface area contributed by atoms with Crippen LogP contribution in [0.2, 0.25) is 0 Å². The molecule has 0 radical (unpaired) electrons. The first-order chi connectivity index (χ1) is 7.74. The van der Waals surface area contributed by atoms with Crippen molar-refractivity contribution >= 4 is 17.7 Å².